The minimum atomic E-state index is -3.10. The highest BCUT2D eigenvalue weighted by Crippen LogP contribution is 2.09. The average Bonchev–Trinajstić information content (AvgIpc) is 2.65. The molecule has 0 aromatic rings. The smallest absolute Gasteiger partial charge is 0.215 e. The lowest BCUT2D eigenvalue weighted by Crippen LogP contribution is -2.40. The molecule has 1 N–H and O–H groups in total. The second kappa shape index (κ2) is 5.95. The van der Waals surface area contributed by atoms with E-state index in [4.69, 9.17) is 0 Å². The highest BCUT2D eigenvalue weighted by molar-refractivity contribution is 7.89. The van der Waals surface area contributed by atoms with Gasteiger partial charge in [-0.15, -0.1) is 0 Å². The van der Waals surface area contributed by atoms with Gasteiger partial charge in [-0.05, 0) is 33.5 Å². The van der Waals surface area contributed by atoms with Crippen LogP contribution >= 0.6 is 0 Å². The predicted molar refractivity (Wildman–Crippen MR) is 66.0 cm³/mol. The Hall–Kier alpha value is -0.170. The first kappa shape index (κ1) is 13.9. The maximum atomic E-state index is 12.0. The van der Waals surface area contributed by atoms with Crippen LogP contribution in [0.25, 0.3) is 0 Å². The summed E-state index contributed by atoms with van der Waals surface area (Å²) in [6.45, 7) is 2.26. The molecular formula is C10H23N3O2S. The topological polar surface area (TPSA) is 52.7 Å². The van der Waals surface area contributed by atoms with Gasteiger partial charge in [0.1, 0.15) is 0 Å². The fourth-order valence-corrected chi connectivity index (χ4v) is 3.17. The molecule has 96 valence electrons. The molecule has 1 atom stereocenters. The summed E-state index contributed by atoms with van der Waals surface area (Å²) in [5, 5.41) is 3.22. The zero-order valence-corrected chi connectivity index (χ0v) is 11.3. The maximum Gasteiger partial charge on any atom is 0.215 e. The van der Waals surface area contributed by atoms with Gasteiger partial charge in [0.15, 0.2) is 0 Å². The van der Waals surface area contributed by atoms with Gasteiger partial charge in [-0.1, -0.05) is 0 Å². The first-order valence-corrected chi connectivity index (χ1v) is 7.35. The number of sulfonamides is 1. The van der Waals surface area contributed by atoms with Crippen LogP contribution in [0.15, 0.2) is 0 Å². The van der Waals surface area contributed by atoms with Crippen molar-refractivity contribution in [1.82, 2.24) is 14.5 Å². The van der Waals surface area contributed by atoms with E-state index >= 15 is 0 Å². The van der Waals surface area contributed by atoms with Crippen LogP contribution in [0.1, 0.15) is 12.8 Å². The molecule has 1 heterocycles. The highest BCUT2D eigenvalue weighted by atomic mass is 32.2. The molecule has 1 aliphatic rings. The van der Waals surface area contributed by atoms with E-state index in [-0.39, 0.29) is 11.8 Å². The Labute approximate surface area is 98.8 Å². The van der Waals surface area contributed by atoms with E-state index in [0.717, 1.165) is 25.9 Å². The summed E-state index contributed by atoms with van der Waals surface area (Å²) in [7, 11) is 2.45. The predicted octanol–water partition coefficient (Wildman–Crippen LogP) is -0.438. The highest BCUT2D eigenvalue weighted by Gasteiger charge is 2.25. The van der Waals surface area contributed by atoms with E-state index in [1.165, 1.54) is 4.31 Å². The van der Waals surface area contributed by atoms with Crippen molar-refractivity contribution in [3.63, 3.8) is 0 Å². The van der Waals surface area contributed by atoms with Gasteiger partial charge in [0, 0.05) is 26.2 Å². The lowest BCUT2D eigenvalue weighted by atomic mass is 10.3. The van der Waals surface area contributed by atoms with E-state index in [1.807, 2.05) is 19.0 Å². The zero-order chi connectivity index (χ0) is 12.2. The number of likely N-dealkylation sites (N-methyl/N-ethyl adjacent to an activating group) is 2. The average molecular weight is 249 g/mol. The van der Waals surface area contributed by atoms with Crippen LogP contribution in [-0.2, 0) is 10.0 Å². The van der Waals surface area contributed by atoms with Gasteiger partial charge in [-0.3, -0.25) is 0 Å². The molecule has 0 aromatic heterocycles. The van der Waals surface area contributed by atoms with Crippen LogP contribution < -0.4 is 5.32 Å². The normalized spacial score (nSPS) is 22.2. The van der Waals surface area contributed by atoms with Gasteiger partial charge in [0.25, 0.3) is 0 Å². The third-order valence-corrected chi connectivity index (χ3v) is 4.87. The van der Waals surface area contributed by atoms with Crippen LogP contribution in [0.2, 0.25) is 0 Å². The maximum absolute atomic E-state index is 12.0. The number of hydrogen-bond donors (Lipinski definition) is 1. The Morgan fingerprint density at radius 3 is 2.44 bits per heavy atom. The Morgan fingerprint density at radius 2 is 1.94 bits per heavy atom. The summed E-state index contributed by atoms with van der Waals surface area (Å²) < 4.78 is 25.4. The molecule has 6 heteroatoms. The molecule has 0 radical (unpaired) electrons. The lowest BCUT2D eigenvalue weighted by molar-refractivity contribution is 0.357. The number of nitrogens with one attached hydrogen (secondary N) is 1. The van der Waals surface area contributed by atoms with Crippen LogP contribution in [-0.4, -0.2) is 70.2 Å². The minimum absolute atomic E-state index is 0.145. The summed E-state index contributed by atoms with van der Waals surface area (Å²) >= 11 is 0. The molecule has 0 aliphatic carbocycles. The molecular weight excluding hydrogens is 226 g/mol. The van der Waals surface area contributed by atoms with Crippen molar-refractivity contribution in [3.8, 4) is 0 Å². The SMILES string of the molecule is CN(C)CCN(C)S(=O)(=O)CC1CCCN1. The molecule has 0 spiro atoms. The van der Waals surface area contributed by atoms with Crippen LogP contribution in [0.3, 0.4) is 0 Å². The van der Waals surface area contributed by atoms with E-state index in [0.29, 0.717) is 6.54 Å². The molecule has 0 bridgehead atoms. The van der Waals surface area contributed by atoms with Crippen molar-refractivity contribution in [1.29, 1.82) is 0 Å². The summed E-state index contributed by atoms with van der Waals surface area (Å²) in [5.41, 5.74) is 0. The molecule has 0 saturated carbocycles. The molecule has 1 fully saturated rings. The summed E-state index contributed by atoms with van der Waals surface area (Å²) in [6.07, 6.45) is 2.06. The van der Waals surface area contributed by atoms with E-state index in [1.54, 1.807) is 7.05 Å². The summed E-state index contributed by atoms with van der Waals surface area (Å²) in [4.78, 5) is 1.99. The molecule has 16 heavy (non-hydrogen) atoms. The summed E-state index contributed by atoms with van der Waals surface area (Å²) in [6, 6.07) is 0.145. The largest absolute Gasteiger partial charge is 0.313 e. The van der Waals surface area contributed by atoms with Crippen molar-refractivity contribution in [3.05, 3.63) is 0 Å². The van der Waals surface area contributed by atoms with E-state index in [9.17, 15) is 8.42 Å². The first-order valence-electron chi connectivity index (χ1n) is 5.74. The summed E-state index contributed by atoms with van der Waals surface area (Å²) in [5.74, 6) is 0.233. The van der Waals surface area contributed by atoms with Crippen LogP contribution in [0, 0.1) is 0 Å². The monoisotopic (exact) mass is 249 g/mol. The fourth-order valence-electron chi connectivity index (χ4n) is 1.76. The standard InChI is InChI=1S/C10H23N3O2S/c1-12(2)7-8-13(3)16(14,15)9-10-5-4-6-11-10/h10-11H,4-9H2,1-3H3. The fraction of sp³-hybridized carbons (Fsp3) is 1.00. The second-order valence-corrected chi connectivity index (χ2v) is 6.82. The van der Waals surface area contributed by atoms with Gasteiger partial charge in [0.2, 0.25) is 10.0 Å². The lowest BCUT2D eigenvalue weighted by Gasteiger charge is -2.21. The van der Waals surface area contributed by atoms with Crippen molar-refractivity contribution >= 4 is 10.0 Å². The van der Waals surface area contributed by atoms with E-state index < -0.39 is 10.0 Å². The molecule has 1 rings (SSSR count). The Morgan fingerprint density at radius 1 is 1.25 bits per heavy atom. The molecule has 0 amide bonds. The van der Waals surface area contributed by atoms with E-state index in [2.05, 4.69) is 5.32 Å². The number of nitrogens with zero attached hydrogens (tertiary/aromatic N) is 2. The molecule has 1 saturated heterocycles. The van der Waals surface area contributed by atoms with Gasteiger partial charge in [-0.2, -0.15) is 0 Å². The van der Waals surface area contributed by atoms with Crippen molar-refractivity contribution in [2.45, 2.75) is 18.9 Å². The minimum Gasteiger partial charge on any atom is -0.313 e. The Kier molecular flexibility index (Phi) is 5.17. The first-order chi connectivity index (χ1) is 7.42. The second-order valence-electron chi connectivity index (χ2n) is 4.70. The van der Waals surface area contributed by atoms with Crippen molar-refractivity contribution < 1.29 is 8.42 Å². The molecule has 1 aliphatic heterocycles. The van der Waals surface area contributed by atoms with Crippen LogP contribution in [0.4, 0.5) is 0 Å². The quantitative estimate of drug-likeness (QED) is 0.693. The Bertz CT molecular complexity index is 297. The number of rotatable bonds is 6. The van der Waals surface area contributed by atoms with Gasteiger partial charge < -0.3 is 10.2 Å². The van der Waals surface area contributed by atoms with Crippen molar-refractivity contribution in [2.75, 3.05) is 46.5 Å². The van der Waals surface area contributed by atoms with Gasteiger partial charge >= 0.3 is 0 Å². The van der Waals surface area contributed by atoms with Crippen LogP contribution in [0.5, 0.6) is 0 Å². The third kappa shape index (κ3) is 4.37. The van der Waals surface area contributed by atoms with Crippen molar-refractivity contribution in [2.24, 2.45) is 0 Å². The third-order valence-electron chi connectivity index (χ3n) is 2.91. The molecule has 1 unspecified atom stereocenters. The zero-order valence-electron chi connectivity index (χ0n) is 10.4. The van der Waals surface area contributed by atoms with Gasteiger partial charge in [0.05, 0.1) is 5.75 Å². The number of hydrogen-bond acceptors (Lipinski definition) is 4. The Balaban J connectivity index is 2.42. The molecule has 5 nitrogen and oxygen atoms in total. The molecule has 0 aromatic carbocycles. The van der Waals surface area contributed by atoms with Gasteiger partial charge in [-0.25, -0.2) is 12.7 Å².